The molecule has 3 aromatic rings. The van der Waals surface area contributed by atoms with Gasteiger partial charge in [-0.15, -0.1) is 0 Å². The smallest absolute Gasteiger partial charge is 0.345 e. The van der Waals surface area contributed by atoms with Crippen molar-refractivity contribution >= 4 is 11.9 Å². The molecular formula is C36H41NO9. The van der Waals surface area contributed by atoms with Crippen molar-refractivity contribution in [1.29, 1.82) is 0 Å². The minimum absolute atomic E-state index is 0.0134. The zero-order valence-corrected chi connectivity index (χ0v) is 26.9. The number of rotatable bonds is 7. The van der Waals surface area contributed by atoms with Gasteiger partial charge in [0.25, 0.3) is 0 Å². The highest BCUT2D eigenvalue weighted by Crippen LogP contribution is 2.67. The molecule has 3 aliphatic rings. The van der Waals surface area contributed by atoms with Crippen molar-refractivity contribution in [2.24, 2.45) is 22.7 Å². The third kappa shape index (κ3) is 5.41. The highest BCUT2D eigenvalue weighted by molar-refractivity contribution is 5.67. The van der Waals surface area contributed by atoms with Crippen LogP contribution < -0.4 is 10.4 Å². The van der Waals surface area contributed by atoms with Crippen molar-refractivity contribution in [1.82, 2.24) is 4.98 Å². The summed E-state index contributed by atoms with van der Waals surface area (Å²) in [5.74, 6) is -1.23. The first-order chi connectivity index (χ1) is 21.9. The van der Waals surface area contributed by atoms with E-state index in [1.807, 2.05) is 44.2 Å². The molecule has 3 heterocycles. The van der Waals surface area contributed by atoms with Gasteiger partial charge in [-0.3, -0.25) is 14.6 Å². The lowest BCUT2D eigenvalue weighted by atomic mass is 9.42. The van der Waals surface area contributed by atoms with Crippen LogP contribution >= 0.6 is 0 Å². The molecule has 1 aliphatic heterocycles. The summed E-state index contributed by atoms with van der Waals surface area (Å²) < 4.78 is 30.8. The number of hydrogen-bond acceptors (Lipinski definition) is 10. The second kappa shape index (κ2) is 12.0. The van der Waals surface area contributed by atoms with E-state index in [-0.39, 0.29) is 36.2 Å². The second-order valence-corrected chi connectivity index (χ2v) is 13.6. The summed E-state index contributed by atoms with van der Waals surface area (Å²) in [5, 5.41) is 12.3. The van der Waals surface area contributed by atoms with Crippen LogP contribution in [0, 0.1) is 22.7 Å². The number of hydrogen-bond donors (Lipinski definition) is 1. The van der Waals surface area contributed by atoms with Crippen LogP contribution in [0.25, 0.3) is 11.3 Å². The van der Waals surface area contributed by atoms with Gasteiger partial charge in [-0.05, 0) is 55.2 Å². The van der Waals surface area contributed by atoms with Gasteiger partial charge in [0, 0.05) is 49.2 Å². The summed E-state index contributed by atoms with van der Waals surface area (Å²) in [6, 6.07) is 15.0. The number of nitrogens with zero attached hydrogens (tertiary/aromatic N) is 1. The van der Waals surface area contributed by atoms with Gasteiger partial charge < -0.3 is 28.5 Å². The molecule has 0 saturated heterocycles. The van der Waals surface area contributed by atoms with Gasteiger partial charge in [-0.2, -0.15) is 0 Å². The van der Waals surface area contributed by atoms with Crippen molar-refractivity contribution in [3.05, 3.63) is 82.5 Å². The highest BCUT2D eigenvalue weighted by atomic mass is 16.6. The Morgan fingerprint density at radius 3 is 2.48 bits per heavy atom. The fraction of sp³-hybridized carbons (Fsp3) is 0.500. The lowest BCUT2D eigenvalue weighted by Crippen LogP contribution is -2.71. The topological polar surface area (TPSA) is 134 Å². The number of pyridine rings is 1. The minimum atomic E-state index is -1.26. The molecule has 2 fully saturated rings. The van der Waals surface area contributed by atoms with Crippen LogP contribution in [0.3, 0.4) is 0 Å². The Hall–Kier alpha value is -4.02. The van der Waals surface area contributed by atoms with Crippen LogP contribution in [0.2, 0.25) is 0 Å². The molecular weight excluding hydrogens is 590 g/mol. The molecule has 2 aromatic heterocycles. The number of ether oxygens (including phenoxy) is 4. The van der Waals surface area contributed by atoms with E-state index in [2.05, 4.69) is 11.9 Å². The molecule has 46 heavy (non-hydrogen) atoms. The normalized spacial score (nSPS) is 33.0. The van der Waals surface area contributed by atoms with Gasteiger partial charge in [-0.1, -0.05) is 44.2 Å². The summed E-state index contributed by atoms with van der Waals surface area (Å²) >= 11 is 0. The monoisotopic (exact) mass is 631 g/mol. The number of esters is 2. The first-order valence-electron chi connectivity index (χ1n) is 15.8. The summed E-state index contributed by atoms with van der Waals surface area (Å²) in [4.78, 5) is 42.1. The number of aromatic nitrogens is 1. The van der Waals surface area contributed by atoms with Gasteiger partial charge >= 0.3 is 17.6 Å². The minimum Gasteiger partial charge on any atom is -0.484 e. The molecule has 1 aromatic carbocycles. The van der Waals surface area contributed by atoms with E-state index < -0.39 is 58.2 Å². The summed E-state index contributed by atoms with van der Waals surface area (Å²) in [5.41, 5.74) is -1.62. The number of aliphatic hydroxyl groups is 1. The van der Waals surface area contributed by atoms with Crippen molar-refractivity contribution in [3.63, 3.8) is 0 Å². The van der Waals surface area contributed by atoms with Gasteiger partial charge in [0.05, 0.1) is 18.8 Å². The highest BCUT2D eigenvalue weighted by Gasteiger charge is 2.70. The van der Waals surface area contributed by atoms with E-state index in [0.29, 0.717) is 24.8 Å². The largest absolute Gasteiger partial charge is 0.484 e. The second-order valence-electron chi connectivity index (χ2n) is 13.6. The molecule has 244 valence electrons. The third-order valence-electron chi connectivity index (χ3n) is 10.7. The van der Waals surface area contributed by atoms with E-state index >= 15 is 0 Å². The van der Waals surface area contributed by atoms with Gasteiger partial charge in [0.1, 0.15) is 35.4 Å². The molecule has 2 aliphatic carbocycles. The molecule has 10 heteroatoms. The Bertz CT molecular complexity index is 1660. The maximum absolute atomic E-state index is 13.6. The van der Waals surface area contributed by atoms with Crippen LogP contribution in [0.15, 0.2) is 70.1 Å². The van der Waals surface area contributed by atoms with Gasteiger partial charge in [0.15, 0.2) is 0 Å². The Labute approximate surface area is 268 Å². The first-order valence-corrected chi connectivity index (χ1v) is 15.8. The Balaban J connectivity index is 1.48. The van der Waals surface area contributed by atoms with Gasteiger partial charge in [0.2, 0.25) is 0 Å². The predicted molar refractivity (Wildman–Crippen MR) is 166 cm³/mol. The fourth-order valence-corrected chi connectivity index (χ4v) is 8.68. The summed E-state index contributed by atoms with van der Waals surface area (Å²) in [7, 11) is 0. The van der Waals surface area contributed by atoms with Gasteiger partial charge in [-0.25, -0.2) is 4.79 Å². The number of carbonyl (C=O) groups is 2. The summed E-state index contributed by atoms with van der Waals surface area (Å²) in [6.45, 7) is 9.03. The number of aliphatic hydroxyl groups excluding tert-OH is 1. The van der Waals surface area contributed by atoms with E-state index in [0.717, 1.165) is 5.56 Å². The first kappa shape index (κ1) is 31.9. The van der Waals surface area contributed by atoms with Crippen molar-refractivity contribution in [3.8, 4) is 17.1 Å². The lowest BCUT2D eigenvalue weighted by molar-refractivity contribution is -0.276. The number of carbonyl (C=O) groups excluding carboxylic acids is 2. The molecule has 2 saturated carbocycles. The molecule has 0 spiro atoms. The van der Waals surface area contributed by atoms with Crippen LogP contribution in [-0.2, 0) is 30.4 Å². The predicted octanol–water partition coefficient (Wildman–Crippen LogP) is 5.41. The van der Waals surface area contributed by atoms with Crippen molar-refractivity contribution in [2.45, 2.75) is 84.4 Å². The molecule has 8 atom stereocenters. The molecule has 0 bridgehead atoms. The zero-order chi connectivity index (χ0) is 32.9. The fourth-order valence-electron chi connectivity index (χ4n) is 8.68. The van der Waals surface area contributed by atoms with Crippen molar-refractivity contribution in [2.75, 3.05) is 6.61 Å². The molecule has 0 radical (unpaired) electrons. The Kier molecular flexibility index (Phi) is 8.31. The van der Waals surface area contributed by atoms with Crippen LogP contribution in [0.4, 0.5) is 0 Å². The maximum atomic E-state index is 13.6. The van der Waals surface area contributed by atoms with E-state index in [9.17, 15) is 19.5 Å². The van der Waals surface area contributed by atoms with Crippen LogP contribution in [-0.4, -0.2) is 46.4 Å². The van der Waals surface area contributed by atoms with E-state index in [1.54, 1.807) is 30.6 Å². The SMILES string of the molecule is CC(=O)OC[C@@]1(C)C2C[C@H](OCc3ccccc3)[C@@]3(C)Oc4cc(-c5cccnc5)oc(=O)c4C(O)C3[C@@]2(C)CC[C@@H]1OC(C)=O. The number of benzene rings is 1. The summed E-state index contributed by atoms with van der Waals surface area (Å²) in [6.07, 6.45) is 2.36. The van der Waals surface area contributed by atoms with Crippen LogP contribution in [0.5, 0.6) is 5.75 Å². The quantitative estimate of drug-likeness (QED) is 0.338. The third-order valence-corrected chi connectivity index (χ3v) is 10.7. The molecule has 10 nitrogen and oxygen atoms in total. The lowest BCUT2D eigenvalue weighted by Gasteiger charge is -2.66. The standard InChI is InChI=1S/C36H41NO9/c1-21(38)43-20-35(4)27-17-29(42-19-23-10-7-6-8-11-23)36(5)32(34(27,3)14-13-28(35)44-22(2)39)31(40)30-26(46-36)16-25(45-33(30)41)24-12-9-15-37-18-24/h6-12,15-16,18,27-29,31-32,40H,13-14,17,19-20H2,1-5H3/t27?,28-,29-,31?,32?,34-,35-,36+/m0/s1. The van der Waals surface area contributed by atoms with E-state index in [1.165, 1.54) is 13.8 Å². The van der Waals surface area contributed by atoms with Crippen molar-refractivity contribution < 1.29 is 38.1 Å². The molecule has 3 unspecified atom stereocenters. The average molecular weight is 632 g/mol. The number of fused-ring (bicyclic) bond motifs is 4. The van der Waals surface area contributed by atoms with E-state index in [4.69, 9.17) is 23.4 Å². The van der Waals surface area contributed by atoms with Crippen LogP contribution in [0.1, 0.15) is 71.1 Å². The molecule has 6 rings (SSSR count). The average Bonchev–Trinajstić information content (AvgIpc) is 3.01. The Morgan fingerprint density at radius 1 is 1.04 bits per heavy atom. The maximum Gasteiger partial charge on any atom is 0.345 e. The Morgan fingerprint density at radius 2 is 1.80 bits per heavy atom. The zero-order valence-electron chi connectivity index (χ0n) is 26.9. The molecule has 0 amide bonds. The molecule has 1 N–H and O–H groups in total.